The smallest absolute Gasteiger partial charge is 0.251 e. The molecule has 0 saturated carbocycles. The van der Waals surface area contributed by atoms with Crippen LogP contribution in [0.25, 0.3) is 0 Å². The number of amides is 1. The Morgan fingerprint density at radius 2 is 2.16 bits per heavy atom. The van der Waals surface area contributed by atoms with Crippen molar-refractivity contribution < 1.29 is 4.79 Å². The summed E-state index contributed by atoms with van der Waals surface area (Å²) in [5.41, 5.74) is 1.34. The van der Waals surface area contributed by atoms with E-state index in [1.165, 1.54) is 6.33 Å². The molecule has 0 radical (unpaired) electrons. The van der Waals surface area contributed by atoms with Crippen molar-refractivity contribution >= 4 is 11.7 Å². The van der Waals surface area contributed by atoms with Gasteiger partial charge in [-0.05, 0) is 25.1 Å². The summed E-state index contributed by atoms with van der Waals surface area (Å²) in [7, 11) is 0. The Balaban J connectivity index is 1.98. The van der Waals surface area contributed by atoms with E-state index in [1.807, 2.05) is 6.92 Å². The van der Waals surface area contributed by atoms with Crippen molar-refractivity contribution in [3.8, 4) is 0 Å². The molecule has 0 fully saturated rings. The maximum absolute atomic E-state index is 12.0. The lowest BCUT2D eigenvalue weighted by molar-refractivity contribution is 0.0950. The Hall–Kier alpha value is -2.50. The van der Waals surface area contributed by atoms with E-state index in [0.29, 0.717) is 17.9 Å². The summed E-state index contributed by atoms with van der Waals surface area (Å²) >= 11 is 0. The SMILES string of the molecule is CCNc1cc(C(=O)NCc2ccncn2)ccn1. The lowest BCUT2D eigenvalue weighted by Gasteiger charge is -2.06. The topological polar surface area (TPSA) is 79.8 Å². The number of hydrogen-bond donors (Lipinski definition) is 2. The molecule has 98 valence electrons. The summed E-state index contributed by atoms with van der Waals surface area (Å²) in [4.78, 5) is 23.9. The first kappa shape index (κ1) is 12.9. The predicted molar refractivity (Wildman–Crippen MR) is 71.6 cm³/mol. The molecular formula is C13H15N5O. The van der Waals surface area contributed by atoms with Crippen LogP contribution in [0.5, 0.6) is 0 Å². The number of nitrogens with zero attached hydrogens (tertiary/aromatic N) is 3. The largest absolute Gasteiger partial charge is 0.370 e. The molecule has 2 heterocycles. The van der Waals surface area contributed by atoms with Crippen molar-refractivity contribution in [1.82, 2.24) is 20.3 Å². The van der Waals surface area contributed by atoms with Crippen molar-refractivity contribution in [2.75, 3.05) is 11.9 Å². The fourth-order valence-electron chi connectivity index (χ4n) is 1.55. The summed E-state index contributed by atoms with van der Waals surface area (Å²) in [6.07, 6.45) is 4.71. The quantitative estimate of drug-likeness (QED) is 0.842. The third-order valence-corrected chi connectivity index (χ3v) is 2.45. The second-order valence-electron chi connectivity index (χ2n) is 3.84. The average Bonchev–Trinajstić information content (AvgIpc) is 2.46. The molecule has 0 aromatic carbocycles. The van der Waals surface area contributed by atoms with E-state index >= 15 is 0 Å². The lowest BCUT2D eigenvalue weighted by Crippen LogP contribution is -2.23. The normalized spacial score (nSPS) is 9.95. The van der Waals surface area contributed by atoms with Gasteiger partial charge in [-0.1, -0.05) is 0 Å². The van der Waals surface area contributed by atoms with Crippen LogP contribution in [-0.4, -0.2) is 27.4 Å². The van der Waals surface area contributed by atoms with Crippen LogP contribution in [0.4, 0.5) is 5.82 Å². The Labute approximate surface area is 111 Å². The average molecular weight is 257 g/mol. The Morgan fingerprint density at radius 3 is 2.89 bits per heavy atom. The summed E-state index contributed by atoms with van der Waals surface area (Å²) in [6, 6.07) is 5.16. The molecule has 0 aliphatic rings. The Bertz CT molecular complexity index is 544. The van der Waals surface area contributed by atoms with Gasteiger partial charge in [-0.3, -0.25) is 4.79 Å². The number of anilines is 1. The molecule has 2 aromatic rings. The predicted octanol–water partition coefficient (Wildman–Crippen LogP) is 1.23. The molecule has 0 aliphatic heterocycles. The molecule has 2 N–H and O–H groups in total. The maximum Gasteiger partial charge on any atom is 0.251 e. The van der Waals surface area contributed by atoms with Gasteiger partial charge in [-0.25, -0.2) is 15.0 Å². The van der Waals surface area contributed by atoms with Crippen LogP contribution < -0.4 is 10.6 Å². The number of aromatic nitrogens is 3. The molecule has 0 spiro atoms. The first-order chi connectivity index (χ1) is 9.29. The molecule has 1 amide bonds. The van der Waals surface area contributed by atoms with Gasteiger partial charge in [0.15, 0.2) is 0 Å². The molecule has 0 atom stereocenters. The lowest BCUT2D eigenvalue weighted by atomic mass is 10.2. The number of hydrogen-bond acceptors (Lipinski definition) is 5. The molecule has 6 nitrogen and oxygen atoms in total. The van der Waals surface area contributed by atoms with E-state index in [9.17, 15) is 4.79 Å². The van der Waals surface area contributed by atoms with E-state index in [4.69, 9.17) is 0 Å². The van der Waals surface area contributed by atoms with Gasteiger partial charge in [-0.2, -0.15) is 0 Å². The Morgan fingerprint density at radius 1 is 1.26 bits per heavy atom. The van der Waals surface area contributed by atoms with Crippen LogP contribution >= 0.6 is 0 Å². The number of rotatable bonds is 5. The van der Waals surface area contributed by atoms with Gasteiger partial charge < -0.3 is 10.6 Å². The van der Waals surface area contributed by atoms with E-state index in [-0.39, 0.29) is 5.91 Å². The van der Waals surface area contributed by atoms with E-state index < -0.39 is 0 Å². The van der Waals surface area contributed by atoms with Gasteiger partial charge in [0.1, 0.15) is 12.1 Å². The highest BCUT2D eigenvalue weighted by Gasteiger charge is 2.06. The maximum atomic E-state index is 12.0. The van der Waals surface area contributed by atoms with Crippen molar-refractivity contribution in [2.45, 2.75) is 13.5 Å². The van der Waals surface area contributed by atoms with Crippen LogP contribution in [0.3, 0.4) is 0 Å². The summed E-state index contributed by atoms with van der Waals surface area (Å²) in [5, 5.41) is 5.86. The zero-order chi connectivity index (χ0) is 13.5. The highest BCUT2D eigenvalue weighted by Crippen LogP contribution is 2.06. The molecule has 6 heteroatoms. The zero-order valence-corrected chi connectivity index (χ0v) is 10.6. The first-order valence-electron chi connectivity index (χ1n) is 6.02. The molecule has 0 bridgehead atoms. The van der Waals surface area contributed by atoms with Crippen molar-refractivity contribution in [3.63, 3.8) is 0 Å². The monoisotopic (exact) mass is 257 g/mol. The fourth-order valence-corrected chi connectivity index (χ4v) is 1.55. The first-order valence-corrected chi connectivity index (χ1v) is 6.02. The van der Waals surface area contributed by atoms with Crippen LogP contribution in [0.1, 0.15) is 23.0 Å². The van der Waals surface area contributed by atoms with Gasteiger partial charge in [-0.15, -0.1) is 0 Å². The molecular weight excluding hydrogens is 242 g/mol. The minimum absolute atomic E-state index is 0.153. The molecule has 0 saturated heterocycles. The molecule has 2 aromatic heterocycles. The molecule has 2 rings (SSSR count). The zero-order valence-electron chi connectivity index (χ0n) is 10.6. The fraction of sp³-hybridized carbons (Fsp3) is 0.231. The minimum atomic E-state index is -0.153. The number of pyridine rings is 1. The second kappa shape index (κ2) is 6.44. The van der Waals surface area contributed by atoms with Gasteiger partial charge in [0.2, 0.25) is 0 Å². The van der Waals surface area contributed by atoms with Gasteiger partial charge in [0.05, 0.1) is 12.2 Å². The van der Waals surface area contributed by atoms with Gasteiger partial charge in [0, 0.05) is 24.5 Å². The van der Waals surface area contributed by atoms with Gasteiger partial charge >= 0.3 is 0 Å². The highest BCUT2D eigenvalue weighted by molar-refractivity contribution is 5.94. The number of carbonyl (C=O) groups excluding carboxylic acids is 1. The van der Waals surface area contributed by atoms with E-state index in [0.717, 1.165) is 12.2 Å². The second-order valence-corrected chi connectivity index (χ2v) is 3.84. The van der Waals surface area contributed by atoms with Crippen molar-refractivity contribution in [1.29, 1.82) is 0 Å². The summed E-state index contributed by atoms with van der Waals surface area (Å²) < 4.78 is 0. The summed E-state index contributed by atoms with van der Waals surface area (Å²) in [6.45, 7) is 3.11. The molecule has 0 aliphatic carbocycles. The highest BCUT2D eigenvalue weighted by atomic mass is 16.1. The van der Waals surface area contributed by atoms with Crippen LogP contribution in [0.15, 0.2) is 36.9 Å². The third kappa shape index (κ3) is 3.74. The molecule has 0 unspecified atom stereocenters. The van der Waals surface area contributed by atoms with Crippen LogP contribution in [0.2, 0.25) is 0 Å². The van der Waals surface area contributed by atoms with Crippen molar-refractivity contribution in [2.24, 2.45) is 0 Å². The van der Waals surface area contributed by atoms with Crippen molar-refractivity contribution in [3.05, 3.63) is 48.2 Å². The molecule has 19 heavy (non-hydrogen) atoms. The Kier molecular flexibility index (Phi) is 4.39. The number of nitrogens with one attached hydrogen (secondary N) is 2. The van der Waals surface area contributed by atoms with E-state index in [2.05, 4.69) is 25.6 Å². The third-order valence-electron chi connectivity index (χ3n) is 2.45. The van der Waals surface area contributed by atoms with E-state index in [1.54, 1.807) is 30.6 Å². The standard InChI is InChI=1S/C13H15N5O/c1-2-15-12-7-10(3-6-16-12)13(19)17-8-11-4-5-14-9-18-11/h3-7,9H,2,8H2,1H3,(H,15,16)(H,17,19). The number of carbonyl (C=O) groups is 1. The summed E-state index contributed by atoms with van der Waals surface area (Å²) in [5.74, 6) is 0.539. The van der Waals surface area contributed by atoms with Crippen LogP contribution in [0, 0.1) is 0 Å². The van der Waals surface area contributed by atoms with Crippen LogP contribution in [-0.2, 0) is 6.54 Å². The van der Waals surface area contributed by atoms with Gasteiger partial charge in [0.25, 0.3) is 5.91 Å². The minimum Gasteiger partial charge on any atom is -0.370 e.